The SMILES string of the molecule is O=C(NCCNC1=CC(=O)c2nc3ccccc3c3ccnc1c23)c1cnccn1. The number of para-hydroxylation sites is 1. The van der Waals surface area contributed by atoms with E-state index in [1.165, 1.54) is 24.7 Å². The van der Waals surface area contributed by atoms with Gasteiger partial charge >= 0.3 is 0 Å². The van der Waals surface area contributed by atoms with Gasteiger partial charge in [0.25, 0.3) is 5.91 Å². The van der Waals surface area contributed by atoms with Crippen LogP contribution in [0, 0.1) is 0 Å². The fraction of sp³-hybridized carbons (Fsp3) is 0.0909. The minimum atomic E-state index is -0.306. The summed E-state index contributed by atoms with van der Waals surface area (Å²) in [6, 6.07) is 9.65. The first kappa shape index (κ1) is 17.9. The highest BCUT2D eigenvalue weighted by molar-refractivity contribution is 6.24. The van der Waals surface area contributed by atoms with E-state index in [-0.39, 0.29) is 17.4 Å². The van der Waals surface area contributed by atoms with E-state index in [1.54, 1.807) is 6.20 Å². The van der Waals surface area contributed by atoms with Gasteiger partial charge in [0, 0.05) is 48.5 Å². The normalized spacial score (nSPS) is 12.7. The van der Waals surface area contributed by atoms with Crippen LogP contribution in [0.2, 0.25) is 0 Å². The minimum absolute atomic E-state index is 0.169. The Morgan fingerprint density at radius 3 is 2.70 bits per heavy atom. The molecule has 0 bridgehead atoms. The molecule has 1 aliphatic carbocycles. The number of benzene rings is 1. The molecule has 1 aromatic carbocycles. The number of hydrogen-bond donors (Lipinski definition) is 2. The summed E-state index contributed by atoms with van der Waals surface area (Å²) >= 11 is 0. The third-order valence-corrected chi connectivity index (χ3v) is 4.90. The van der Waals surface area contributed by atoms with Crippen LogP contribution >= 0.6 is 0 Å². The van der Waals surface area contributed by atoms with Crippen LogP contribution in [0.5, 0.6) is 0 Å². The highest BCUT2D eigenvalue weighted by atomic mass is 16.2. The monoisotopic (exact) mass is 396 g/mol. The third kappa shape index (κ3) is 3.04. The van der Waals surface area contributed by atoms with Crippen molar-refractivity contribution >= 4 is 39.1 Å². The summed E-state index contributed by atoms with van der Waals surface area (Å²) in [6.07, 6.45) is 7.62. The van der Waals surface area contributed by atoms with Gasteiger partial charge in [-0.05, 0) is 17.5 Å². The van der Waals surface area contributed by atoms with Crippen molar-refractivity contribution in [2.24, 2.45) is 0 Å². The van der Waals surface area contributed by atoms with Crippen molar-refractivity contribution in [1.82, 2.24) is 30.6 Å². The van der Waals surface area contributed by atoms with E-state index in [1.807, 2.05) is 30.3 Å². The second-order valence-corrected chi connectivity index (χ2v) is 6.76. The van der Waals surface area contributed by atoms with E-state index in [2.05, 4.69) is 30.6 Å². The molecule has 0 radical (unpaired) electrons. The van der Waals surface area contributed by atoms with E-state index in [0.29, 0.717) is 30.2 Å². The van der Waals surface area contributed by atoms with Crippen LogP contribution in [0.15, 0.2) is 61.2 Å². The van der Waals surface area contributed by atoms with Gasteiger partial charge < -0.3 is 10.6 Å². The molecule has 0 fully saturated rings. The number of carbonyl (C=O) groups is 2. The van der Waals surface area contributed by atoms with Gasteiger partial charge in [-0.1, -0.05) is 18.2 Å². The molecule has 0 unspecified atom stereocenters. The van der Waals surface area contributed by atoms with Gasteiger partial charge in [-0.15, -0.1) is 0 Å². The van der Waals surface area contributed by atoms with Crippen molar-refractivity contribution in [1.29, 1.82) is 0 Å². The molecule has 0 aliphatic heterocycles. The van der Waals surface area contributed by atoms with Crippen LogP contribution < -0.4 is 10.6 Å². The highest BCUT2D eigenvalue weighted by Gasteiger charge is 2.24. The molecule has 2 N–H and O–H groups in total. The Labute approximate surface area is 171 Å². The predicted molar refractivity (Wildman–Crippen MR) is 112 cm³/mol. The molecule has 8 nitrogen and oxygen atoms in total. The van der Waals surface area contributed by atoms with Gasteiger partial charge in [-0.2, -0.15) is 0 Å². The number of ketones is 1. The van der Waals surface area contributed by atoms with Crippen molar-refractivity contribution in [3.8, 4) is 0 Å². The Kier molecular flexibility index (Phi) is 4.36. The van der Waals surface area contributed by atoms with Crippen LogP contribution in [-0.2, 0) is 0 Å². The summed E-state index contributed by atoms with van der Waals surface area (Å²) in [4.78, 5) is 41.7. The first-order chi connectivity index (χ1) is 14.7. The van der Waals surface area contributed by atoms with Crippen molar-refractivity contribution in [2.45, 2.75) is 0 Å². The molecule has 1 aliphatic rings. The Bertz CT molecular complexity index is 1330. The molecule has 0 atom stereocenters. The number of fused-ring (bicyclic) bond motifs is 2. The molecule has 4 aromatic rings. The Balaban J connectivity index is 1.39. The summed E-state index contributed by atoms with van der Waals surface area (Å²) in [5, 5.41) is 8.64. The third-order valence-electron chi connectivity index (χ3n) is 4.90. The van der Waals surface area contributed by atoms with Gasteiger partial charge in [0.15, 0.2) is 0 Å². The van der Waals surface area contributed by atoms with Crippen LogP contribution in [0.4, 0.5) is 0 Å². The molecular weight excluding hydrogens is 380 g/mol. The fourth-order valence-corrected chi connectivity index (χ4v) is 3.57. The van der Waals surface area contributed by atoms with E-state index in [4.69, 9.17) is 0 Å². The van der Waals surface area contributed by atoms with Crippen molar-refractivity contribution < 1.29 is 9.59 Å². The van der Waals surface area contributed by atoms with Crippen LogP contribution in [0.25, 0.3) is 27.4 Å². The number of hydrogen-bond acceptors (Lipinski definition) is 7. The Hall–Kier alpha value is -4.20. The lowest BCUT2D eigenvalue weighted by atomic mass is 9.95. The zero-order valence-corrected chi connectivity index (χ0v) is 15.8. The molecular formula is C22H16N6O2. The molecule has 30 heavy (non-hydrogen) atoms. The van der Waals surface area contributed by atoms with Crippen molar-refractivity contribution in [3.63, 3.8) is 0 Å². The molecule has 1 amide bonds. The molecule has 0 spiro atoms. The van der Waals surface area contributed by atoms with Gasteiger partial charge in [0.05, 0.1) is 23.1 Å². The number of nitrogens with one attached hydrogen (secondary N) is 2. The zero-order valence-electron chi connectivity index (χ0n) is 15.8. The summed E-state index contributed by atoms with van der Waals surface area (Å²) in [5.74, 6) is -0.475. The summed E-state index contributed by atoms with van der Waals surface area (Å²) in [7, 11) is 0. The number of carbonyl (C=O) groups excluding carboxylic acids is 2. The topological polar surface area (TPSA) is 110 Å². The van der Waals surface area contributed by atoms with E-state index >= 15 is 0 Å². The fourth-order valence-electron chi connectivity index (χ4n) is 3.57. The van der Waals surface area contributed by atoms with Gasteiger partial charge in [0.2, 0.25) is 5.78 Å². The molecule has 0 saturated heterocycles. The summed E-state index contributed by atoms with van der Waals surface area (Å²) in [5.41, 5.74) is 2.74. The number of allylic oxidation sites excluding steroid dienone is 1. The highest BCUT2D eigenvalue weighted by Crippen LogP contribution is 2.33. The van der Waals surface area contributed by atoms with Crippen LogP contribution in [0.3, 0.4) is 0 Å². The maximum Gasteiger partial charge on any atom is 0.271 e. The number of nitrogens with zero attached hydrogens (tertiary/aromatic N) is 4. The average molecular weight is 396 g/mol. The number of amides is 1. The lowest BCUT2D eigenvalue weighted by Gasteiger charge is -2.19. The minimum Gasteiger partial charge on any atom is -0.381 e. The van der Waals surface area contributed by atoms with Gasteiger partial charge in [0.1, 0.15) is 11.4 Å². The predicted octanol–water partition coefficient (Wildman–Crippen LogP) is 2.13. The Morgan fingerprint density at radius 2 is 1.83 bits per heavy atom. The van der Waals surface area contributed by atoms with E-state index < -0.39 is 0 Å². The lowest BCUT2D eigenvalue weighted by molar-refractivity contribution is 0.0948. The Morgan fingerprint density at radius 1 is 0.933 bits per heavy atom. The average Bonchev–Trinajstić information content (AvgIpc) is 2.80. The molecule has 3 heterocycles. The smallest absolute Gasteiger partial charge is 0.271 e. The largest absolute Gasteiger partial charge is 0.381 e. The quantitative estimate of drug-likeness (QED) is 0.393. The van der Waals surface area contributed by atoms with Gasteiger partial charge in [-0.3, -0.25) is 19.6 Å². The number of pyridine rings is 2. The number of aromatic nitrogens is 4. The number of rotatable bonds is 5. The second kappa shape index (κ2) is 7.32. The van der Waals surface area contributed by atoms with Crippen LogP contribution in [0.1, 0.15) is 26.7 Å². The first-order valence-electron chi connectivity index (χ1n) is 9.44. The van der Waals surface area contributed by atoms with Gasteiger partial charge in [-0.25, -0.2) is 9.97 Å². The molecule has 0 saturated carbocycles. The molecule has 5 rings (SSSR count). The standard InChI is InChI=1S/C22H16N6O2/c29-18-11-16(24-9-10-27-22(30)17-12-23-7-8-25-17)20-19-14(5-6-26-20)13-3-1-2-4-15(13)28-21(18)19/h1-8,11-12,24H,9-10H2,(H,27,30). The summed E-state index contributed by atoms with van der Waals surface area (Å²) < 4.78 is 0. The lowest BCUT2D eigenvalue weighted by Crippen LogP contribution is -2.32. The maximum absolute atomic E-state index is 12.8. The van der Waals surface area contributed by atoms with Crippen molar-refractivity contribution in [3.05, 3.63) is 78.3 Å². The van der Waals surface area contributed by atoms with Crippen LogP contribution in [-0.4, -0.2) is 44.7 Å². The zero-order chi connectivity index (χ0) is 20.5. The molecule has 146 valence electrons. The summed E-state index contributed by atoms with van der Waals surface area (Å²) in [6.45, 7) is 0.763. The first-order valence-corrected chi connectivity index (χ1v) is 9.44. The van der Waals surface area contributed by atoms with E-state index in [0.717, 1.165) is 21.7 Å². The van der Waals surface area contributed by atoms with E-state index in [9.17, 15) is 9.59 Å². The molecule has 8 heteroatoms. The maximum atomic E-state index is 12.8. The van der Waals surface area contributed by atoms with Crippen molar-refractivity contribution in [2.75, 3.05) is 13.1 Å². The molecule has 3 aromatic heterocycles. The second-order valence-electron chi connectivity index (χ2n) is 6.76.